The molecule has 1 N–H and O–H groups in total. The third-order valence-corrected chi connectivity index (χ3v) is 6.14. The summed E-state index contributed by atoms with van der Waals surface area (Å²) in [6.07, 6.45) is 1.76. The molecule has 0 atom stereocenters. The third kappa shape index (κ3) is 4.76. The van der Waals surface area contributed by atoms with Crippen LogP contribution in [0.1, 0.15) is 10.4 Å². The number of morpholine rings is 1. The number of amides is 1. The van der Waals surface area contributed by atoms with Gasteiger partial charge in [0.15, 0.2) is 11.5 Å². The monoisotopic (exact) mass is 484 g/mol. The zero-order valence-corrected chi connectivity index (χ0v) is 20.3. The number of benzene rings is 3. The zero-order valence-electron chi connectivity index (χ0n) is 20.3. The minimum Gasteiger partial charge on any atom is -0.493 e. The summed E-state index contributed by atoms with van der Waals surface area (Å²) in [7, 11) is 3.17. The van der Waals surface area contributed by atoms with Gasteiger partial charge in [0.1, 0.15) is 5.69 Å². The normalized spacial score (nSPS) is 13.3. The van der Waals surface area contributed by atoms with Crippen molar-refractivity contribution in [3.63, 3.8) is 0 Å². The molecule has 8 heteroatoms. The third-order valence-electron chi connectivity index (χ3n) is 6.14. The molecule has 1 aromatic heterocycles. The van der Waals surface area contributed by atoms with Crippen LogP contribution in [0.2, 0.25) is 0 Å². The van der Waals surface area contributed by atoms with Gasteiger partial charge in [-0.3, -0.25) is 4.79 Å². The largest absolute Gasteiger partial charge is 0.493 e. The van der Waals surface area contributed by atoms with Gasteiger partial charge in [-0.15, -0.1) is 0 Å². The van der Waals surface area contributed by atoms with Crippen LogP contribution in [0.4, 0.5) is 11.4 Å². The number of nitrogens with one attached hydrogen (secondary N) is 1. The maximum Gasteiger partial charge on any atom is 0.259 e. The molecule has 1 saturated heterocycles. The Bertz CT molecular complexity index is 1350. The van der Waals surface area contributed by atoms with Gasteiger partial charge in [-0.2, -0.15) is 5.10 Å². The van der Waals surface area contributed by atoms with Crippen LogP contribution in [0.15, 0.2) is 79.0 Å². The fourth-order valence-electron chi connectivity index (χ4n) is 4.30. The lowest BCUT2D eigenvalue weighted by atomic mass is 10.1. The quantitative estimate of drug-likeness (QED) is 0.412. The molecule has 1 amide bonds. The van der Waals surface area contributed by atoms with Crippen molar-refractivity contribution in [2.75, 3.05) is 50.7 Å². The molecule has 3 aromatic carbocycles. The van der Waals surface area contributed by atoms with E-state index in [-0.39, 0.29) is 5.91 Å². The van der Waals surface area contributed by atoms with E-state index in [1.54, 1.807) is 25.1 Å². The van der Waals surface area contributed by atoms with Gasteiger partial charge in [0.2, 0.25) is 0 Å². The van der Waals surface area contributed by atoms with Crippen LogP contribution < -0.4 is 19.7 Å². The first-order valence-electron chi connectivity index (χ1n) is 11.8. The average molecular weight is 485 g/mol. The summed E-state index contributed by atoms with van der Waals surface area (Å²) < 4.78 is 18.1. The molecule has 184 valence electrons. The Balaban J connectivity index is 1.54. The second-order valence-electron chi connectivity index (χ2n) is 8.31. The molecule has 1 aliphatic heterocycles. The van der Waals surface area contributed by atoms with E-state index < -0.39 is 0 Å². The summed E-state index contributed by atoms with van der Waals surface area (Å²) in [6.45, 7) is 2.87. The summed E-state index contributed by atoms with van der Waals surface area (Å²) >= 11 is 0. The maximum absolute atomic E-state index is 13.7. The first-order chi connectivity index (χ1) is 17.7. The molecule has 0 radical (unpaired) electrons. The van der Waals surface area contributed by atoms with Gasteiger partial charge in [-0.1, -0.05) is 30.3 Å². The van der Waals surface area contributed by atoms with E-state index in [1.165, 1.54) is 0 Å². The molecular formula is C28H28N4O4. The summed E-state index contributed by atoms with van der Waals surface area (Å²) in [5.41, 5.74) is 4.30. The van der Waals surface area contributed by atoms with E-state index in [4.69, 9.17) is 19.3 Å². The number of hydrogen-bond donors (Lipinski definition) is 1. The molecule has 0 unspecified atom stereocenters. The number of nitrogens with zero attached hydrogens (tertiary/aromatic N) is 3. The molecule has 5 rings (SSSR count). The van der Waals surface area contributed by atoms with Gasteiger partial charge in [0.05, 0.1) is 50.1 Å². The van der Waals surface area contributed by atoms with Crippen LogP contribution in [0, 0.1) is 0 Å². The first-order valence-corrected chi connectivity index (χ1v) is 11.8. The second-order valence-corrected chi connectivity index (χ2v) is 8.31. The highest BCUT2D eigenvalue weighted by Gasteiger charge is 2.22. The molecule has 0 aliphatic carbocycles. The van der Waals surface area contributed by atoms with Crippen LogP contribution in [0.5, 0.6) is 11.5 Å². The van der Waals surface area contributed by atoms with E-state index in [1.807, 2.05) is 72.8 Å². The van der Waals surface area contributed by atoms with Gasteiger partial charge in [0.25, 0.3) is 5.91 Å². The van der Waals surface area contributed by atoms with Crippen molar-refractivity contribution in [3.8, 4) is 28.4 Å². The van der Waals surface area contributed by atoms with E-state index in [0.29, 0.717) is 36.0 Å². The molecule has 4 aromatic rings. The number of methoxy groups -OCH3 is 2. The SMILES string of the molecule is COc1ccc(-c2nn(-c3ccccc3)cc2C(=O)Nc2ccccc2N2CCOCC2)cc1OC. The fourth-order valence-corrected chi connectivity index (χ4v) is 4.30. The Kier molecular flexibility index (Phi) is 6.86. The van der Waals surface area contributed by atoms with E-state index in [0.717, 1.165) is 35.7 Å². The standard InChI is InChI=1S/C28H28N4O4/c1-34-25-13-12-20(18-26(25)35-2)27-22(19-32(30-27)21-8-4-3-5-9-21)28(33)29-23-10-6-7-11-24(23)31-14-16-36-17-15-31/h3-13,18-19H,14-17H2,1-2H3,(H,29,33). The van der Waals surface area contributed by atoms with E-state index in [9.17, 15) is 4.79 Å². The van der Waals surface area contributed by atoms with Crippen LogP contribution in [-0.4, -0.2) is 56.2 Å². The molecule has 36 heavy (non-hydrogen) atoms. The molecule has 1 aliphatic rings. The lowest BCUT2D eigenvalue weighted by Crippen LogP contribution is -2.36. The van der Waals surface area contributed by atoms with Crippen molar-refractivity contribution in [2.45, 2.75) is 0 Å². The molecular weight excluding hydrogens is 456 g/mol. The number of carbonyl (C=O) groups excluding carboxylic acids is 1. The topological polar surface area (TPSA) is 77.9 Å². The molecule has 8 nitrogen and oxygen atoms in total. The van der Waals surface area contributed by atoms with Crippen molar-refractivity contribution in [2.24, 2.45) is 0 Å². The predicted octanol–water partition coefficient (Wildman–Crippen LogP) is 4.65. The van der Waals surface area contributed by atoms with Crippen molar-refractivity contribution < 1.29 is 19.0 Å². The molecule has 0 spiro atoms. The highest BCUT2D eigenvalue weighted by atomic mass is 16.5. The van der Waals surface area contributed by atoms with Crippen LogP contribution >= 0.6 is 0 Å². The van der Waals surface area contributed by atoms with Gasteiger partial charge < -0.3 is 24.4 Å². The van der Waals surface area contributed by atoms with Crippen molar-refractivity contribution in [1.82, 2.24) is 9.78 Å². The Morgan fingerprint density at radius 2 is 1.64 bits per heavy atom. The number of aromatic nitrogens is 2. The van der Waals surface area contributed by atoms with Gasteiger partial charge in [-0.05, 0) is 42.5 Å². The summed E-state index contributed by atoms with van der Waals surface area (Å²) in [6, 6.07) is 23.0. The zero-order chi connectivity index (χ0) is 24.9. The highest BCUT2D eigenvalue weighted by Crippen LogP contribution is 2.34. The number of rotatable bonds is 7. The summed E-state index contributed by atoms with van der Waals surface area (Å²) in [5, 5.41) is 7.91. The van der Waals surface area contributed by atoms with Gasteiger partial charge in [0, 0.05) is 24.8 Å². The fraction of sp³-hybridized carbons (Fsp3) is 0.214. The minimum atomic E-state index is -0.248. The smallest absolute Gasteiger partial charge is 0.259 e. The van der Waals surface area contributed by atoms with Crippen LogP contribution in [0.25, 0.3) is 16.9 Å². The maximum atomic E-state index is 13.7. The van der Waals surface area contributed by atoms with E-state index >= 15 is 0 Å². The second kappa shape index (κ2) is 10.5. The Hall–Kier alpha value is -4.30. The van der Waals surface area contributed by atoms with Gasteiger partial charge in [-0.25, -0.2) is 4.68 Å². The average Bonchev–Trinajstić information content (AvgIpc) is 3.40. The lowest BCUT2D eigenvalue weighted by Gasteiger charge is -2.30. The first kappa shape index (κ1) is 23.4. The van der Waals surface area contributed by atoms with Crippen LogP contribution in [-0.2, 0) is 4.74 Å². The number of anilines is 2. The molecule has 0 bridgehead atoms. The van der Waals surface area contributed by atoms with Crippen molar-refractivity contribution in [1.29, 1.82) is 0 Å². The van der Waals surface area contributed by atoms with Crippen LogP contribution in [0.3, 0.4) is 0 Å². The Morgan fingerprint density at radius 1 is 0.917 bits per heavy atom. The number of para-hydroxylation sites is 3. The lowest BCUT2D eigenvalue weighted by molar-refractivity contribution is 0.102. The molecule has 1 fully saturated rings. The minimum absolute atomic E-state index is 0.248. The Labute approximate surface area is 210 Å². The van der Waals surface area contributed by atoms with E-state index in [2.05, 4.69) is 10.2 Å². The predicted molar refractivity (Wildman–Crippen MR) is 140 cm³/mol. The van der Waals surface area contributed by atoms with Crippen molar-refractivity contribution >= 4 is 17.3 Å². The molecule has 2 heterocycles. The van der Waals surface area contributed by atoms with Gasteiger partial charge >= 0.3 is 0 Å². The van der Waals surface area contributed by atoms with Crippen molar-refractivity contribution in [3.05, 3.63) is 84.6 Å². The Morgan fingerprint density at radius 3 is 2.39 bits per heavy atom. The summed E-state index contributed by atoms with van der Waals surface area (Å²) in [4.78, 5) is 15.9. The number of carbonyl (C=O) groups is 1. The highest BCUT2D eigenvalue weighted by molar-refractivity contribution is 6.09. The number of ether oxygens (including phenoxy) is 3. The summed E-state index contributed by atoms with van der Waals surface area (Å²) in [5.74, 6) is 0.921. The molecule has 0 saturated carbocycles. The number of hydrogen-bond acceptors (Lipinski definition) is 6.